The Bertz CT molecular complexity index is 553. The van der Waals surface area contributed by atoms with Crippen molar-refractivity contribution in [3.05, 3.63) is 35.4 Å². The van der Waals surface area contributed by atoms with E-state index in [4.69, 9.17) is 0 Å². The molecular formula is C14H20N2O2S. The normalized spacial score (nSPS) is 30.2. The van der Waals surface area contributed by atoms with Gasteiger partial charge in [0.05, 0.1) is 11.5 Å². The van der Waals surface area contributed by atoms with Gasteiger partial charge in [0.2, 0.25) is 0 Å². The molecule has 0 saturated carbocycles. The number of benzene rings is 1. The molecule has 2 atom stereocenters. The van der Waals surface area contributed by atoms with Crippen molar-refractivity contribution in [3.8, 4) is 0 Å². The summed E-state index contributed by atoms with van der Waals surface area (Å²) in [4.78, 5) is 2.32. The number of aryl methyl sites for hydroxylation is 1. The maximum atomic E-state index is 11.8. The van der Waals surface area contributed by atoms with Crippen molar-refractivity contribution in [1.29, 1.82) is 0 Å². The largest absolute Gasteiger partial charge is 0.310 e. The minimum atomic E-state index is -2.86. The van der Waals surface area contributed by atoms with Crippen molar-refractivity contribution in [2.75, 3.05) is 24.6 Å². The van der Waals surface area contributed by atoms with Crippen LogP contribution >= 0.6 is 0 Å². The van der Waals surface area contributed by atoms with Crippen LogP contribution in [0.2, 0.25) is 0 Å². The predicted molar refractivity (Wildman–Crippen MR) is 75.8 cm³/mol. The first-order chi connectivity index (χ1) is 9.03. The van der Waals surface area contributed by atoms with Crippen LogP contribution in [0.3, 0.4) is 0 Å². The molecule has 4 nitrogen and oxygen atoms in total. The molecule has 0 amide bonds. The van der Waals surface area contributed by atoms with E-state index in [0.29, 0.717) is 11.5 Å². The van der Waals surface area contributed by atoms with Gasteiger partial charge in [-0.3, -0.25) is 4.90 Å². The van der Waals surface area contributed by atoms with Gasteiger partial charge in [0, 0.05) is 31.7 Å². The van der Waals surface area contributed by atoms with Gasteiger partial charge in [0.1, 0.15) is 0 Å². The van der Waals surface area contributed by atoms with Gasteiger partial charge in [0.15, 0.2) is 9.84 Å². The van der Waals surface area contributed by atoms with Crippen LogP contribution in [0, 0.1) is 6.92 Å². The predicted octanol–water partition coefficient (Wildman–Crippen LogP) is 0.566. The summed E-state index contributed by atoms with van der Waals surface area (Å²) < 4.78 is 23.5. The smallest absolute Gasteiger partial charge is 0.153 e. The zero-order valence-corrected chi connectivity index (χ0v) is 12.0. The highest BCUT2D eigenvalue weighted by molar-refractivity contribution is 7.91. The van der Waals surface area contributed by atoms with Crippen LogP contribution < -0.4 is 5.32 Å². The van der Waals surface area contributed by atoms with Crippen LogP contribution in [0.15, 0.2) is 24.3 Å². The molecule has 2 aliphatic rings. The molecule has 0 aliphatic carbocycles. The van der Waals surface area contributed by atoms with E-state index in [1.807, 2.05) is 0 Å². The maximum Gasteiger partial charge on any atom is 0.153 e. The second kappa shape index (κ2) is 4.89. The fourth-order valence-electron chi connectivity index (χ4n) is 3.07. The Balaban J connectivity index is 1.75. The van der Waals surface area contributed by atoms with Crippen molar-refractivity contribution in [3.63, 3.8) is 0 Å². The average Bonchev–Trinajstić information content (AvgIpc) is 2.67. The lowest BCUT2D eigenvalue weighted by atomic mass is 10.1. The molecule has 1 N–H and O–H groups in total. The Morgan fingerprint density at radius 1 is 1.26 bits per heavy atom. The third-order valence-electron chi connectivity index (χ3n) is 4.10. The summed E-state index contributed by atoms with van der Waals surface area (Å²) in [5, 5.41) is 3.34. The van der Waals surface area contributed by atoms with E-state index < -0.39 is 9.84 Å². The third-order valence-corrected chi connectivity index (χ3v) is 5.82. The second-order valence-corrected chi connectivity index (χ2v) is 7.81. The molecule has 0 spiro atoms. The lowest BCUT2D eigenvalue weighted by Gasteiger charge is -2.37. The van der Waals surface area contributed by atoms with E-state index in [2.05, 4.69) is 41.4 Å². The van der Waals surface area contributed by atoms with E-state index in [-0.39, 0.29) is 12.1 Å². The van der Waals surface area contributed by atoms with Crippen molar-refractivity contribution in [1.82, 2.24) is 10.2 Å². The number of fused-ring (bicyclic) bond motifs is 1. The fraction of sp³-hybridized carbons (Fsp3) is 0.571. The van der Waals surface area contributed by atoms with Gasteiger partial charge in [-0.25, -0.2) is 8.42 Å². The van der Waals surface area contributed by atoms with Crippen LogP contribution in [0.5, 0.6) is 0 Å². The van der Waals surface area contributed by atoms with Gasteiger partial charge >= 0.3 is 0 Å². The van der Waals surface area contributed by atoms with Gasteiger partial charge < -0.3 is 5.32 Å². The highest BCUT2D eigenvalue weighted by Gasteiger charge is 2.42. The van der Waals surface area contributed by atoms with Crippen molar-refractivity contribution < 1.29 is 8.42 Å². The molecule has 0 radical (unpaired) electrons. The Kier molecular flexibility index (Phi) is 3.37. The maximum absolute atomic E-state index is 11.8. The molecule has 0 unspecified atom stereocenters. The zero-order chi connectivity index (χ0) is 13.5. The molecule has 104 valence electrons. The molecule has 2 fully saturated rings. The standard InChI is InChI=1S/C14H20N2O2S/c1-11-2-4-12(5-3-11)8-16-7-6-15-13-9-19(17,18)10-14(13)16/h2-5,13-15H,6-10H2,1H3/t13-,14+/m0/s1. The van der Waals surface area contributed by atoms with E-state index >= 15 is 0 Å². The SMILES string of the molecule is Cc1ccc(CN2CCN[C@H]3CS(=O)(=O)C[C@H]32)cc1. The molecule has 2 aliphatic heterocycles. The van der Waals surface area contributed by atoms with Gasteiger partial charge in [-0.2, -0.15) is 0 Å². The topological polar surface area (TPSA) is 49.4 Å². The second-order valence-electron chi connectivity index (χ2n) is 5.66. The monoisotopic (exact) mass is 280 g/mol. The quantitative estimate of drug-likeness (QED) is 0.860. The highest BCUT2D eigenvalue weighted by Crippen LogP contribution is 2.23. The van der Waals surface area contributed by atoms with Crippen molar-refractivity contribution in [2.24, 2.45) is 0 Å². The van der Waals surface area contributed by atoms with Crippen LogP contribution in [0.4, 0.5) is 0 Å². The highest BCUT2D eigenvalue weighted by atomic mass is 32.2. The van der Waals surface area contributed by atoms with E-state index in [9.17, 15) is 8.42 Å². The van der Waals surface area contributed by atoms with E-state index in [0.717, 1.165) is 19.6 Å². The average molecular weight is 280 g/mol. The Morgan fingerprint density at radius 3 is 2.74 bits per heavy atom. The first-order valence-electron chi connectivity index (χ1n) is 6.77. The number of nitrogens with one attached hydrogen (secondary N) is 1. The summed E-state index contributed by atoms with van der Waals surface area (Å²) in [5.74, 6) is 0.596. The molecule has 2 heterocycles. The van der Waals surface area contributed by atoms with Gasteiger partial charge in [-0.1, -0.05) is 29.8 Å². The number of hydrogen-bond acceptors (Lipinski definition) is 4. The molecule has 0 aromatic heterocycles. The minimum Gasteiger partial charge on any atom is -0.310 e. The summed E-state index contributed by atoms with van der Waals surface area (Å²) in [6, 6.07) is 8.75. The van der Waals surface area contributed by atoms with Gasteiger partial charge in [0.25, 0.3) is 0 Å². The Labute approximate surface area is 114 Å². The molecule has 19 heavy (non-hydrogen) atoms. The lowest BCUT2D eigenvalue weighted by Crippen LogP contribution is -2.56. The third kappa shape index (κ3) is 2.83. The molecule has 3 rings (SSSR count). The number of sulfone groups is 1. The number of nitrogens with zero attached hydrogens (tertiary/aromatic N) is 1. The van der Waals surface area contributed by atoms with Crippen LogP contribution in [0.1, 0.15) is 11.1 Å². The van der Waals surface area contributed by atoms with Gasteiger partial charge in [-0.05, 0) is 12.5 Å². The van der Waals surface area contributed by atoms with Crippen LogP contribution in [-0.4, -0.2) is 50.0 Å². The summed E-state index contributed by atoms with van der Waals surface area (Å²) in [6.45, 7) is 4.72. The molecule has 1 aromatic carbocycles. The molecule has 5 heteroatoms. The minimum absolute atomic E-state index is 0.115. The zero-order valence-electron chi connectivity index (χ0n) is 11.2. The number of piperazine rings is 1. The number of rotatable bonds is 2. The molecule has 1 aromatic rings. The first kappa shape index (κ1) is 13.1. The Morgan fingerprint density at radius 2 is 2.00 bits per heavy atom. The summed E-state index contributed by atoms with van der Waals surface area (Å²) >= 11 is 0. The Hall–Kier alpha value is -0.910. The van der Waals surface area contributed by atoms with Crippen molar-refractivity contribution in [2.45, 2.75) is 25.6 Å². The molecule has 2 saturated heterocycles. The summed E-state index contributed by atoms with van der Waals surface area (Å²) in [7, 11) is -2.86. The van der Waals surface area contributed by atoms with Crippen LogP contribution in [-0.2, 0) is 16.4 Å². The lowest BCUT2D eigenvalue weighted by molar-refractivity contribution is 0.141. The first-order valence-corrected chi connectivity index (χ1v) is 8.59. The number of hydrogen-bond donors (Lipinski definition) is 1. The van der Waals surface area contributed by atoms with Crippen LogP contribution in [0.25, 0.3) is 0 Å². The molecular weight excluding hydrogens is 260 g/mol. The van der Waals surface area contributed by atoms with Gasteiger partial charge in [-0.15, -0.1) is 0 Å². The van der Waals surface area contributed by atoms with E-state index in [1.165, 1.54) is 11.1 Å². The fourth-order valence-corrected chi connectivity index (χ4v) is 5.05. The summed E-state index contributed by atoms with van der Waals surface area (Å²) in [5.41, 5.74) is 2.51. The van der Waals surface area contributed by atoms with E-state index in [1.54, 1.807) is 0 Å². The summed E-state index contributed by atoms with van der Waals surface area (Å²) in [6.07, 6.45) is 0. The van der Waals surface area contributed by atoms with Crippen molar-refractivity contribution >= 4 is 9.84 Å². The molecule has 0 bridgehead atoms.